The highest BCUT2D eigenvalue weighted by molar-refractivity contribution is 5.98. The van der Waals surface area contributed by atoms with Crippen LogP contribution in [0.15, 0.2) is 12.3 Å². The third-order valence-electron chi connectivity index (χ3n) is 3.21. The van der Waals surface area contributed by atoms with E-state index in [4.69, 9.17) is 11.5 Å². The molecule has 0 unspecified atom stereocenters. The minimum absolute atomic E-state index is 0.316. The summed E-state index contributed by atoms with van der Waals surface area (Å²) in [4.78, 5) is 15.3. The van der Waals surface area contributed by atoms with Crippen LogP contribution in [-0.2, 0) is 0 Å². The van der Waals surface area contributed by atoms with Crippen LogP contribution in [0.5, 0.6) is 0 Å². The van der Waals surface area contributed by atoms with Gasteiger partial charge >= 0.3 is 0 Å². The SMILES string of the molecule is CC(C)CCCCCCNc1cc(C(N)=O)c(N)cn1. The van der Waals surface area contributed by atoms with Gasteiger partial charge in [-0.1, -0.05) is 39.5 Å². The molecule has 0 aliphatic heterocycles. The van der Waals surface area contributed by atoms with E-state index in [2.05, 4.69) is 24.1 Å². The maximum Gasteiger partial charge on any atom is 0.250 e. The fraction of sp³-hybridized carbons (Fsp3) is 0.600. The van der Waals surface area contributed by atoms with Gasteiger partial charge in [-0.25, -0.2) is 4.98 Å². The van der Waals surface area contributed by atoms with Crippen LogP contribution < -0.4 is 16.8 Å². The summed E-state index contributed by atoms with van der Waals surface area (Å²) in [5.74, 6) is 0.913. The molecule has 5 nitrogen and oxygen atoms in total. The van der Waals surface area contributed by atoms with Crippen molar-refractivity contribution in [2.75, 3.05) is 17.6 Å². The van der Waals surface area contributed by atoms with Crippen LogP contribution in [0.1, 0.15) is 56.3 Å². The standard InChI is InChI=1S/C15H26N4O/c1-11(2)7-5-3-4-6-8-18-14-9-12(15(17)20)13(16)10-19-14/h9-11H,3-8,16H2,1-2H3,(H2,17,20)(H,18,19). The Labute approximate surface area is 121 Å². The Morgan fingerprint density at radius 3 is 2.65 bits per heavy atom. The van der Waals surface area contributed by atoms with E-state index in [1.54, 1.807) is 6.07 Å². The highest BCUT2D eigenvalue weighted by atomic mass is 16.1. The molecule has 1 rings (SSSR count). The van der Waals surface area contributed by atoms with Crippen molar-refractivity contribution >= 4 is 17.4 Å². The molecular weight excluding hydrogens is 252 g/mol. The van der Waals surface area contributed by atoms with E-state index in [9.17, 15) is 4.79 Å². The van der Waals surface area contributed by atoms with Crippen molar-refractivity contribution in [1.29, 1.82) is 0 Å². The first-order chi connectivity index (χ1) is 9.50. The lowest BCUT2D eigenvalue weighted by Gasteiger charge is -2.08. The molecule has 1 aromatic rings. The Balaban J connectivity index is 2.25. The third-order valence-corrected chi connectivity index (χ3v) is 3.21. The van der Waals surface area contributed by atoms with Gasteiger partial charge in [-0.2, -0.15) is 0 Å². The van der Waals surface area contributed by atoms with Crippen LogP contribution in [0.3, 0.4) is 0 Å². The van der Waals surface area contributed by atoms with E-state index in [1.807, 2.05) is 0 Å². The summed E-state index contributed by atoms with van der Waals surface area (Å²) in [6, 6.07) is 1.61. The highest BCUT2D eigenvalue weighted by Crippen LogP contribution is 2.14. The monoisotopic (exact) mass is 278 g/mol. The van der Waals surface area contributed by atoms with Crippen molar-refractivity contribution < 1.29 is 4.79 Å². The number of carbonyl (C=O) groups is 1. The molecule has 5 N–H and O–H groups in total. The molecule has 1 heterocycles. The Morgan fingerprint density at radius 1 is 1.30 bits per heavy atom. The molecule has 0 aliphatic carbocycles. The van der Waals surface area contributed by atoms with Gasteiger partial charge in [0, 0.05) is 6.54 Å². The van der Waals surface area contributed by atoms with Gasteiger partial charge < -0.3 is 16.8 Å². The summed E-state index contributed by atoms with van der Waals surface area (Å²) < 4.78 is 0. The van der Waals surface area contributed by atoms with Crippen molar-refractivity contribution in [3.63, 3.8) is 0 Å². The van der Waals surface area contributed by atoms with Crippen LogP contribution in [0, 0.1) is 5.92 Å². The number of amides is 1. The summed E-state index contributed by atoms with van der Waals surface area (Å²) in [5, 5.41) is 3.19. The molecule has 0 spiro atoms. The van der Waals surface area contributed by atoms with Crippen LogP contribution in [-0.4, -0.2) is 17.4 Å². The van der Waals surface area contributed by atoms with Gasteiger partial charge in [-0.3, -0.25) is 4.79 Å². The molecule has 20 heavy (non-hydrogen) atoms. The lowest BCUT2D eigenvalue weighted by Crippen LogP contribution is -2.15. The van der Waals surface area contributed by atoms with E-state index in [-0.39, 0.29) is 0 Å². The first kappa shape index (κ1) is 16.3. The molecule has 0 fully saturated rings. The number of nitrogens with two attached hydrogens (primary N) is 2. The molecule has 0 radical (unpaired) electrons. The number of nitrogen functional groups attached to an aromatic ring is 1. The first-order valence-corrected chi connectivity index (χ1v) is 7.30. The van der Waals surface area contributed by atoms with Gasteiger partial charge in [-0.15, -0.1) is 0 Å². The molecular formula is C15H26N4O. The summed E-state index contributed by atoms with van der Waals surface area (Å²) >= 11 is 0. The van der Waals surface area contributed by atoms with Crippen molar-refractivity contribution in [3.05, 3.63) is 17.8 Å². The smallest absolute Gasteiger partial charge is 0.250 e. The number of nitrogens with one attached hydrogen (secondary N) is 1. The average molecular weight is 278 g/mol. The van der Waals surface area contributed by atoms with E-state index in [0.717, 1.165) is 18.9 Å². The molecule has 1 aromatic heterocycles. The van der Waals surface area contributed by atoms with Crippen molar-refractivity contribution in [2.45, 2.75) is 46.0 Å². The number of hydrogen-bond donors (Lipinski definition) is 3. The number of primary amides is 1. The predicted molar refractivity (Wildman–Crippen MR) is 83.6 cm³/mol. The highest BCUT2D eigenvalue weighted by Gasteiger charge is 2.07. The Morgan fingerprint density at radius 2 is 2.00 bits per heavy atom. The summed E-state index contributed by atoms with van der Waals surface area (Å²) in [6.45, 7) is 5.35. The molecule has 1 amide bonds. The molecule has 0 bridgehead atoms. The molecule has 0 aromatic carbocycles. The maximum atomic E-state index is 11.2. The largest absolute Gasteiger partial charge is 0.397 e. The van der Waals surface area contributed by atoms with Gasteiger partial charge in [-0.05, 0) is 18.4 Å². The Bertz CT molecular complexity index is 432. The zero-order valence-electron chi connectivity index (χ0n) is 12.5. The van der Waals surface area contributed by atoms with E-state index >= 15 is 0 Å². The zero-order chi connectivity index (χ0) is 15.0. The second kappa shape index (κ2) is 8.40. The van der Waals surface area contributed by atoms with Gasteiger partial charge in [0.05, 0.1) is 17.4 Å². The maximum absolute atomic E-state index is 11.2. The van der Waals surface area contributed by atoms with Gasteiger partial charge in [0.1, 0.15) is 5.82 Å². The zero-order valence-corrected chi connectivity index (χ0v) is 12.5. The first-order valence-electron chi connectivity index (χ1n) is 7.30. The molecule has 0 saturated carbocycles. The summed E-state index contributed by atoms with van der Waals surface area (Å²) in [7, 11) is 0. The van der Waals surface area contributed by atoms with Crippen LogP contribution in [0.2, 0.25) is 0 Å². The number of aromatic nitrogens is 1. The predicted octanol–water partition coefficient (Wildman–Crippen LogP) is 2.78. The minimum Gasteiger partial charge on any atom is -0.397 e. The molecule has 0 saturated heterocycles. The van der Waals surface area contributed by atoms with Crippen LogP contribution in [0.4, 0.5) is 11.5 Å². The normalized spacial score (nSPS) is 10.8. The number of unbranched alkanes of at least 4 members (excludes halogenated alkanes) is 3. The second-order valence-electron chi connectivity index (χ2n) is 5.54. The van der Waals surface area contributed by atoms with Gasteiger partial charge in [0.2, 0.25) is 0 Å². The van der Waals surface area contributed by atoms with Crippen LogP contribution >= 0.6 is 0 Å². The van der Waals surface area contributed by atoms with Crippen LogP contribution in [0.25, 0.3) is 0 Å². The number of carbonyl (C=O) groups excluding carboxylic acids is 1. The fourth-order valence-electron chi connectivity index (χ4n) is 2.02. The molecule has 0 atom stereocenters. The Kier molecular flexibility index (Phi) is 6.84. The van der Waals surface area contributed by atoms with Crippen molar-refractivity contribution in [1.82, 2.24) is 4.98 Å². The average Bonchev–Trinajstić information content (AvgIpc) is 2.38. The van der Waals surface area contributed by atoms with Gasteiger partial charge in [0.15, 0.2) is 0 Å². The number of anilines is 2. The lowest BCUT2D eigenvalue weighted by atomic mass is 10.0. The third kappa shape index (κ3) is 5.91. The summed E-state index contributed by atoms with van der Waals surface area (Å²) in [5.41, 5.74) is 11.5. The molecule has 0 aliphatic rings. The quantitative estimate of drug-likeness (QED) is 0.605. The van der Waals surface area contributed by atoms with Crippen molar-refractivity contribution in [2.24, 2.45) is 11.7 Å². The van der Waals surface area contributed by atoms with Gasteiger partial charge in [0.25, 0.3) is 5.91 Å². The Hall–Kier alpha value is -1.78. The second-order valence-corrected chi connectivity index (χ2v) is 5.54. The number of hydrogen-bond acceptors (Lipinski definition) is 4. The lowest BCUT2D eigenvalue weighted by molar-refractivity contribution is 0.100. The minimum atomic E-state index is -0.526. The topological polar surface area (TPSA) is 94.0 Å². The van der Waals surface area contributed by atoms with Crippen molar-refractivity contribution in [3.8, 4) is 0 Å². The number of pyridine rings is 1. The fourth-order valence-corrected chi connectivity index (χ4v) is 2.02. The molecule has 5 heteroatoms. The number of rotatable bonds is 9. The summed E-state index contributed by atoms with van der Waals surface area (Å²) in [6.07, 6.45) is 7.62. The van der Waals surface area contributed by atoms with E-state index in [0.29, 0.717) is 17.1 Å². The molecule has 112 valence electrons. The van der Waals surface area contributed by atoms with E-state index in [1.165, 1.54) is 31.9 Å². The van der Waals surface area contributed by atoms with E-state index < -0.39 is 5.91 Å². The number of nitrogens with zero attached hydrogens (tertiary/aromatic N) is 1.